The summed E-state index contributed by atoms with van der Waals surface area (Å²) in [6.07, 6.45) is 5.67. The maximum atomic E-state index is 12.9. The van der Waals surface area contributed by atoms with E-state index in [4.69, 9.17) is 10.6 Å². The summed E-state index contributed by atoms with van der Waals surface area (Å²) in [6.45, 7) is 2.11. The van der Waals surface area contributed by atoms with Crippen LogP contribution in [0.25, 0.3) is 5.70 Å². The number of aryl methyl sites for hydroxylation is 1. The van der Waals surface area contributed by atoms with Gasteiger partial charge in [-0.05, 0) is 54.7 Å². The molecule has 2 aromatic heterocycles. The first-order valence-corrected chi connectivity index (χ1v) is 11.9. The van der Waals surface area contributed by atoms with Gasteiger partial charge in [0.1, 0.15) is 5.69 Å². The Morgan fingerprint density at radius 3 is 2.37 bits per heavy atom. The Labute approximate surface area is 219 Å². The van der Waals surface area contributed by atoms with E-state index in [1.54, 1.807) is 24.5 Å². The average Bonchev–Trinajstić information content (AvgIpc) is 2.91. The van der Waals surface area contributed by atoms with Crippen molar-refractivity contribution in [2.75, 3.05) is 5.01 Å². The first-order chi connectivity index (χ1) is 18.3. The summed E-state index contributed by atoms with van der Waals surface area (Å²) >= 11 is 0. The maximum Gasteiger partial charge on any atom is 0.433 e. The van der Waals surface area contributed by atoms with Gasteiger partial charge in [0.15, 0.2) is 0 Å². The number of benzene rings is 1. The van der Waals surface area contributed by atoms with Crippen LogP contribution in [0.4, 0.5) is 18.9 Å². The molecule has 0 saturated heterocycles. The van der Waals surface area contributed by atoms with E-state index in [0.29, 0.717) is 30.6 Å². The monoisotopic (exact) mass is 528 g/mol. The van der Waals surface area contributed by atoms with Gasteiger partial charge in [0.05, 0.1) is 23.6 Å². The number of hydrogen-bond acceptors (Lipinski definition) is 6. The molecule has 2 amide bonds. The van der Waals surface area contributed by atoms with E-state index in [-0.39, 0.29) is 12.5 Å². The quantitative estimate of drug-likeness (QED) is 0.191. The maximum absolute atomic E-state index is 12.9. The molecule has 0 saturated carbocycles. The number of anilines is 1. The van der Waals surface area contributed by atoms with E-state index >= 15 is 0 Å². The molecule has 202 valence electrons. The minimum absolute atomic E-state index is 0.191. The van der Waals surface area contributed by atoms with Crippen LogP contribution in [0.3, 0.4) is 0 Å². The smallest absolute Gasteiger partial charge is 0.372 e. The lowest BCUT2D eigenvalue weighted by Crippen LogP contribution is -2.29. The largest absolute Gasteiger partial charge is 0.433 e. The lowest BCUT2D eigenvalue weighted by atomic mass is 9.94. The predicted octanol–water partition coefficient (Wildman–Crippen LogP) is 4.54. The van der Waals surface area contributed by atoms with E-state index in [2.05, 4.69) is 34.0 Å². The second-order valence-corrected chi connectivity index (χ2v) is 8.09. The Morgan fingerprint density at radius 1 is 1.11 bits per heavy atom. The number of nitrogens with zero attached hydrogens (tertiary/aromatic N) is 3. The minimum Gasteiger partial charge on any atom is -0.372 e. The zero-order valence-electron chi connectivity index (χ0n) is 20.9. The molecule has 0 fully saturated rings. The number of amides is 2. The first kappa shape index (κ1) is 30.0. The number of nitrogens with one attached hydrogen (secondary N) is 1. The normalized spacial score (nSPS) is 12.1. The third-order valence-electron chi connectivity index (χ3n) is 5.56. The van der Waals surface area contributed by atoms with Gasteiger partial charge in [-0.25, -0.2) is 10.8 Å². The van der Waals surface area contributed by atoms with Crippen molar-refractivity contribution in [3.05, 3.63) is 95.6 Å². The summed E-state index contributed by atoms with van der Waals surface area (Å²) < 4.78 is 38.7. The van der Waals surface area contributed by atoms with Crippen molar-refractivity contribution in [3.8, 4) is 0 Å². The summed E-state index contributed by atoms with van der Waals surface area (Å²) in [7, 11) is 0. The molecule has 0 aliphatic heterocycles. The number of primary amides is 1. The van der Waals surface area contributed by atoms with Crippen molar-refractivity contribution in [3.63, 3.8) is 0 Å². The molecule has 1 atom stereocenters. The Bertz CT molecular complexity index is 1170. The van der Waals surface area contributed by atoms with Crippen molar-refractivity contribution in [2.24, 2.45) is 11.6 Å². The van der Waals surface area contributed by atoms with E-state index in [9.17, 15) is 18.0 Å². The van der Waals surface area contributed by atoms with Crippen LogP contribution in [0.2, 0.25) is 0 Å². The lowest BCUT2D eigenvalue weighted by molar-refractivity contribution is -0.141. The first-order valence-electron chi connectivity index (χ1n) is 11.9. The molecule has 0 aliphatic rings. The molecular weight excluding hydrogens is 497 g/mol. The topological polar surface area (TPSA) is 127 Å². The highest BCUT2D eigenvalue weighted by Gasteiger charge is 2.32. The van der Waals surface area contributed by atoms with Gasteiger partial charge in [-0.15, -0.1) is 0 Å². The van der Waals surface area contributed by atoms with Crippen molar-refractivity contribution in [2.45, 2.75) is 44.8 Å². The molecule has 3 rings (SSSR count). The van der Waals surface area contributed by atoms with Gasteiger partial charge in [0.25, 0.3) is 0 Å². The van der Waals surface area contributed by atoms with E-state index in [1.165, 1.54) is 16.6 Å². The number of carbonyl (C=O) groups excluding carboxylic acids is 2. The zero-order chi connectivity index (χ0) is 28.0. The van der Waals surface area contributed by atoms with Crippen LogP contribution in [-0.4, -0.2) is 22.8 Å². The number of nitrogens with two attached hydrogens (primary N) is 2. The Hall–Kier alpha value is -4.25. The van der Waals surface area contributed by atoms with Crippen LogP contribution in [0.15, 0.2) is 73.2 Å². The molecule has 2 heterocycles. The Morgan fingerprint density at radius 2 is 1.79 bits per heavy atom. The van der Waals surface area contributed by atoms with Gasteiger partial charge in [-0.2, -0.15) is 13.2 Å². The number of hydrogen-bond donors (Lipinski definition) is 3. The molecular formula is C27H31F3N6O2. The fraction of sp³-hybridized carbons (Fsp3) is 0.259. The summed E-state index contributed by atoms with van der Waals surface area (Å²) in [6, 6.07) is 13.5. The van der Waals surface area contributed by atoms with Crippen LogP contribution in [0.5, 0.6) is 0 Å². The summed E-state index contributed by atoms with van der Waals surface area (Å²) in [4.78, 5) is 27.4. The van der Waals surface area contributed by atoms with Crippen LogP contribution in [-0.2, 0) is 22.2 Å². The molecule has 3 aromatic rings. The molecule has 38 heavy (non-hydrogen) atoms. The molecule has 1 aromatic carbocycles. The summed E-state index contributed by atoms with van der Waals surface area (Å²) in [5.41, 5.74) is 7.06. The van der Waals surface area contributed by atoms with Crippen molar-refractivity contribution in [1.29, 1.82) is 0 Å². The van der Waals surface area contributed by atoms with Gasteiger partial charge < -0.3 is 11.1 Å². The van der Waals surface area contributed by atoms with Crippen LogP contribution >= 0.6 is 0 Å². The van der Waals surface area contributed by atoms with Crippen molar-refractivity contribution >= 4 is 24.2 Å². The average molecular weight is 529 g/mol. The van der Waals surface area contributed by atoms with E-state index in [1.807, 2.05) is 24.3 Å². The SMILES string of the molecule is CCCc1ccccc1C(CC/C=C(/c1ccncc1)N(N)c1ccc(C(F)(F)F)nc1)NC=O.NC=O. The van der Waals surface area contributed by atoms with Crippen molar-refractivity contribution < 1.29 is 22.8 Å². The predicted molar refractivity (Wildman–Crippen MR) is 140 cm³/mol. The van der Waals surface area contributed by atoms with Crippen LogP contribution in [0.1, 0.15) is 54.6 Å². The lowest BCUT2D eigenvalue weighted by Gasteiger charge is -2.23. The van der Waals surface area contributed by atoms with Gasteiger partial charge in [-0.3, -0.25) is 19.6 Å². The highest BCUT2D eigenvalue weighted by molar-refractivity contribution is 5.77. The van der Waals surface area contributed by atoms with Gasteiger partial charge in [-0.1, -0.05) is 43.7 Å². The standard InChI is InChI=1S/C26H28F3N5O.CH3NO/c1-2-6-19-7-3-4-8-22(19)23(33-18-35)9-5-10-24(20-13-15-31-16-14-20)34(30)21-11-12-25(32-17-21)26(27,28)29;2-1-3/h3-4,7-8,10-18,23H,2,5-6,9,30H2,1H3,(H,33,35);1H,(H2,2,3)/b24-10-;. The second-order valence-electron chi connectivity index (χ2n) is 8.09. The van der Waals surface area contributed by atoms with Gasteiger partial charge >= 0.3 is 6.18 Å². The number of allylic oxidation sites excluding steroid dienone is 1. The highest BCUT2D eigenvalue weighted by Crippen LogP contribution is 2.30. The summed E-state index contributed by atoms with van der Waals surface area (Å²) in [5.74, 6) is 6.33. The number of carbonyl (C=O) groups is 2. The molecule has 11 heteroatoms. The van der Waals surface area contributed by atoms with Crippen molar-refractivity contribution in [1.82, 2.24) is 15.3 Å². The molecule has 0 radical (unpaired) electrons. The van der Waals surface area contributed by atoms with Gasteiger partial charge in [0.2, 0.25) is 12.8 Å². The molecule has 1 unspecified atom stereocenters. The fourth-order valence-electron chi connectivity index (χ4n) is 3.88. The number of aromatic nitrogens is 2. The minimum atomic E-state index is -4.53. The van der Waals surface area contributed by atoms with E-state index < -0.39 is 11.9 Å². The molecule has 0 spiro atoms. The molecule has 0 aliphatic carbocycles. The third kappa shape index (κ3) is 8.70. The fourth-order valence-corrected chi connectivity index (χ4v) is 3.88. The molecule has 5 N–H and O–H groups in total. The van der Waals surface area contributed by atoms with E-state index in [0.717, 1.165) is 36.2 Å². The molecule has 0 bridgehead atoms. The molecule has 8 nitrogen and oxygen atoms in total. The van der Waals surface area contributed by atoms with Crippen LogP contribution in [0, 0.1) is 0 Å². The third-order valence-corrected chi connectivity index (χ3v) is 5.56. The number of alkyl halides is 3. The second kappa shape index (κ2) is 15.1. The summed E-state index contributed by atoms with van der Waals surface area (Å²) in [5, 5.41) is 4.21. The van der Waals surface area contributed by atoms with Crippen LogP contribution < -0.4 is 21.9 Å². The number of pyridine rings is 2. The number of hydrazine groups is 1. The van der Waals surface area contributed by atoms with Gasteiger partial charge in [0, 0.05) is 18.0 Å². The number of rotatable bonds is 11. The number of halogens is 3. The Kier molecular flexibility index (Phi) is 11.9. The zero-order valence-corrected chi connectivity index (χ0v) is 20.9. The highest BCUT2D eigenvalue weighted by atomic mass is 19.4. The Balaban J connectivity index is 0.00000161.